The first kappa shape index (κ1) is 31.5. The number of aliphatic carboxylic acids is 1. The van der Waals surface area contributed by atoms with Gasteiger partial charge in [-0.1, -0.05) is 127 Å². The number of rotatable bonds is 15. The Labute approximate surface area is 242 Å². The molecule has 4 nitrogen and oxygen atoms in total. The summed E-state index contributed by atoms with van der Waals surface area (Å²) in [4.78, 5) is 19.3. The second kappa shape index (κ2) is 18.4. The zero-order valence-corrected chi connectivity index (χ0v) is 24.9. The Morgan fingerprint density at radius 2 is 1.20 bits per heavy atom. The van der Waals surface area contributed by atoms with E-state index in [0.29, 0.717) is 12.3 Å². The highest BCUT2D eigenvalue weighted by molar-refractivity contribution is 5.68. The van der Waals surface area contributed by atoms with E-state index in [-0.39, 0.29) is 0 Å². The molecule has 4 heteroatoms. The molecular formula is C36H50N2O2. The third-order valence-corrected chi connectivity index (χ3v) is 7.99. The van der Waals surface area contributed by atoms with Gasteiger partial charge in [-0.15, -0.1) is 0 Å². The third kappa shape index (κ3) is 11.2. The maximum Gasteiger partial charge on any atom is 0.303 e. The molecule has 1 N–H and O–H groups in total. The third-order valence-electron chi connectivity index (χ3n) is 7.99. The van der Waals surface area contributed by atoms with Crippen molar-refractivity contribution in [2.45, 2.75) is 122 Å². The molecule has 1 aromatic heterocycles. The largest absolute Gasteiger partial charge is 0.481 e. The first-order valence-corrected chi connectivity index (χ1v) is 15.8. The average molecular weight is 543 g/mol. The molecule has 1 fully saturated rings. The summed E-state index contributed by atoms with van der Waals surface area (Å²) in [6.07, 6.45) is 23.1. The average Bonchev–Trinajstić information content (AvgIpc) is 3.53. The minimum Gasteiger partial charge on any atom is -0.481 e. The second-order valence-electron chi connectivity index (χ2n) is 11.3. The number of nitrogens with zero attached hydrogens (tertiary/aromatic N) is 2. The fraction of sp³-hybridized carbons (Fsp3) is 0.528. The van der Waals surface area contributed by atoms with Crippen molar-refractivity contribution in [3.63, 3.8) is 0 Å². The lowest BCUT2D eigenvalue weighted by molar-refractivity contribution is -0.137. The molecule has 40 heavy (non-hydrogen) atoms. The van der Waals surface area contributed by atoms with Crippen molar-refractivity contribution in [3.05, 3.63) is 72.1 Å². The van der Waals surface area contributed by atoms with E-state index in [1.54, 1.807) is 0 Å². The van der Waals surface area contributed by atoms with Gasteiger partial charge in [0.2, 0.25) is 0 Å². The van der Waals surface area contributed by atoms with Crippen LogP contribution in [0.5, 0.6) is 0 Å². The van der Waals surface area contributed by atoms with Crippen LogP contribution in [0.3, 0.4) is 0 Å². The van der Waals surface area contributed by atoms with Crippen LogP contribution in [0.15, 0.2) is 60.9 Å². The van der Waals surface area contributed by atoms with E-state index in [0.717, 1.165) is 24.2 Å². The summed E-state index contributed by atoms with van der Waals surface area (Å²) in [6.45, 7) is 4.42. The topological polar surface area (TPSA) is 63.1 Å². The van der Waals surface area contributed by atoms with Gasteiger partial charge < -0.3 is 5.11 Å². The van der Waals surface area contributed by atoms with Crippen LogP contribution >= 0.6 is 0 Å². The maximum absolute atomic E-state index is 10.0. The molecule has 216 valence electrons. The number of aromatic nitrogens is 2. The predicted octanol–water partition coefficient (Wildman–Crippen LogP) is 10.4. The minimum atomic E-state index is -0.670. The number of carboxylic acids is 1. The zero-order chi connectivity index (χ0) is 28.4. The predicted molar refractivity (Wildman–Crippen MR) is 168 cm³/mol. The lowest BCUT2D eigenvalue weighted by Gasteiger charge is -2.09. The maximum atomic E-state index is 10.0. The number of hydrogen-bond acceptors (Lipinski definition) is 3. The molecule has 1 heterocycles. The highest BCUT2D eigenvalue weighted by Gasteiger charge is 2.17. The van der Waals surface area contributed by atoms with Crippen molar-refractivity contribution in [1.82, 2.24) is 9.97 Å². The number of carbonyl (C=O) groups is 1. The normalized spacial score (nSPS) is 13.2. The van der Waals surface area contributed by atoms with Crippen molar-refractivity contribution < 1.29 is 9.90 Å². The number of unbranched alkanes of at least 4 members (excludes halogenated alkanes) is 8. The van der Waals surface area contributed by atoms with Gasteiger partial charge in [0.15, 0.2) is 5.82 Å². The lowest BCUT2D eigenvalue weighted by Crippen LogP contribution is -1.96. The molecule has 0 aliphatic heterocycles. The molecule has 0 unspecified atom stereocenters. The molecule has 2 aromatic carbocycles. The standard InChI is InChI=1S/C28H34N2.C8H16O2/c1-2-3-4-5-6-9-22-12-14-24(15-13-22)25-16-18-26(19-17-25)28-29-20-27(21-30-28)23-10-7-8-11-23;1-2-3-4-5-6-7-8(9)10/h12-21,23H,2-11H2,1H3;2-7H2,1H3,(H,9,10). The van der Waals surface area contributed by atoms with E-state index in [1.807, 2.05) is 12.4 Å². The van der Waals surface area contributed by atoms with Crippen molar-refractivity contribution >= 4 is 5.97 Å². The van der Waals surface area contributed by atoms with E-state index in [1.165, 1.54) is 106 Å². The molecule has 1 aliphatic rings. The van der Waals surface area contributed by atoms with E-state index in [2.05, 4.69) is 72.3 Å². The summed E-state index contributed by atoms with van der Waals surface area (Å²) < 4.78 is 0. The van der Waals surface area contributed by atoms with Crippen LogP contribution in [0.25, 0.3) is 22.5 Å². The van der Waals surface area contributed by atoms with E-state index in [9.17, 15) is 4.79 Å². The first-order chi connectivity index (χ1) is 19.6. The van der Waals surface area contributed by atoms with E-state index >= 15 is 0 Å². The lowest BCUT2D eigenvalue weighted by atomic mass is 9.99. The Kier molecular flexibility index (Phi) is 14.5. The fourth-order valence-corrected chi connectivity index (χ4v) is 5.45. The molecule has 0 bridgehead atoms. The van der Waals surface area contributed by atoms with Gasteiger partial charge in [-0.3, -0.25) is 4.79 Å². The SMILES string of the molecule is CCCCCCCC(=O)O.CCCCCCCc1ccc(-c2ccc(-c3ncc(C4CCCC4)cn3)cc2)cc1. The molecule has 3 aromatic rings. The highest BCUT2D eigenvalue weighted by atomic mass is 16.4. The summed E-state index contributed by atoms with van der Waals surface area (Å²) in [7, 11) is 0. The molecule has 1 saturated carbocycles. The molecule has 0 radical (unpaired) electrons. The van der Waals surface area contributed by atoms with Crippen molar-refractivity contribution in [2.24, 2.45) is 0 Å². The van der Waals surface area contributed by atoms with Gasteiger partial charge in [-0.25, -0.2) is 9.97 Å². The van der Waals surface area contributed by atoms with Gasteiger partial charge >= 0.3 is 5.97 Å². The summed E-state index contributed by atoms with van der Waals surface area (Å²) in [5, 5.41) is 8.27. The first-order valence-electron chi connectivity index (χ1n) is 15.8. The van der Waals surface area contributed by atoms with Crippen LogP contribution in [0.2, 0.25) is 0 Å². The number of carboxylic acid groups (broad SMARTS) is 1. The monoisotopic (exact) mass is 542 g/mol. The Morgan fingerprint density at radius 1 is 0.700 bits per heavy atom. The van der Waals surface area contributed by atoms with Crippen molar-refractivity contribution in [3.8, 4) is 22.5 Å². The van der Waals surface area contributed by atoms with Crippen molar-refractivity contribution in [2.75, 3.05) is 0 Å². The van der Waals surface area contributed by atoms with Gasteiger partial charge in [0, 0.05) is 24.4 Å². The molecule has 0 saturated heterocycles. The van der Waals surface area contributed by atoms with Crippen LogP contribution in [0.1, 0.15) is 127 Å². The quantitative estimate of drug-likeness (QED) is 0.194. The molecular weight excluding hydrogens is 492 g/mol. The van der Waals surface area contributed by atoms with Crippen molar-refractivity contribution in [1.29, 1.82) is 0 Å². The van der Waals surface area contributed by atoms with E-state index in [4.69, 9.17) is 5.11 Å². The molecule has 0 amide bonds. The summed E-state index contributed by atoms with van der Waals surface area (Å²) >= 11 is 0. The minimum absolute atomic E-state index is 0.337. The van der Waals surface area contributed by atoms with Crippen LogP contribution in [0, 0.1) is 0 Å². The van der Waals surface area contributed by atoms with Gasteiger partial charge in [0.1, 0.15) is 0 Å². The molecule has 0 spiro atoms. The summed E-state index contributed by atoms with van der Waals surface area (Å²) in [5.41, 5.74) is 6.35. The summed E-state index contributed by atoms with van der Waals surface area (Å²) in [5.74, 6) is 0.818. The Hall–Kier alpha value is -3.01. The van der Waals surface area contributed by atoms with Crippen LogP contribution < -0.4 is 0 Å². The number of benzene rings is 2. The fourth-order valence-electron chi connectivity index (χ4n) is 5.45. The van der Waals surface area contributed by atoms with Crippen LogP contribution in [0.4, 0.5) is 0 Å². The number of hydrogen-bond donors (Lipinski definition) is 1. The smallest absolute Gasteiger partial charge is 0.303 e. The van der Waals surface area contributed by atoms with Crippen LogP contribution in [-0.2, 0) is 11.2 Å². The second-order valence-corrected chi connectivity index (χ2v) is 11.3. The van der Waals surface area contributed by atoms with Gasteiger partial charge in [0.05, 0.1) is 0 Å². The summed E-state index contributed by atoms with van der Waals surface area (Å²) in [6, 6.07) is 17.7. The molecule has 4 rings (SSSR count). The molecule has 1 aliphatic carbocycles. The Morgan fingerprint density at radius 3 is 1.75 bits per heavy atom. The molecule has 0 atom stereocenters. The van der Waals surface area contributed by atoms with Gasteiger partial charge in [-0.2, -0.15) is 0 Å². The van der Waals surface area contributed by atoms with Gasteiger partial charge in [0.25, 0.3) is 0 Å². The Bertz CT molecular complexity index is 1090. The Balaban J connectivity index is 0.000000378. The van der Waals surface area contributed by atoms with Gasteiger partial charge in [-0.05, 0) is 60.3 Å². The number of aryl methyl sites for hydroxylation is 1. The van der Waals surface area contributed by atoms with E-state index < -0.39 is 5.97 Å². The highest BCUT2D eigenvalue weighted by Crippen LogP contribution is 2.33. The zero-order valence-electron chi connectivity index (χ0n) is 24.9. The van der Waals surface area contributed by atoms with Crippen LogP contribution in [-0.4, -0.2) is 21.0 Å².